The van der Waals surface area contributed by atoms with Crippen molar-refractivity contribution in [2.45, 2.75) is 38.5 Å². The number of carbonyl (C=O) groups excluding carboxylic acids is 1. The molecule has 0 rings (SSSR count). The monoisotopic (exact) mass is 350 g/mol. The van der Waals surface area contributed by atoms with Crippen LogP contribution in [0.1, 0.15) is 38.5 Å². The van der Waals surface area contributed by atoms with Crippen LogP contribution >= 0.6 is 31.9 Å². The fraction of sp³-hybridized carbons (Fsp3) is 0.615. The summed E-state index contributed by atoms with van der Waals surface area (Å²) in [6.45, 7) is 0. The van der Waals surface area contributed by atoms with Crippen LogP contribution in [-0.2, 0) is 4.79 Å². The Morgan fingerprint density at radius 2 is 1.25 bits per heavy atom. The normalized spacial score (nSPS) is 11.6. The number of hydrogen-bond acceptors (Lipinski definition) is 1. The smallest absolute Gasteiger partial charge is 0.132 e. The molecule has 0 bridgehead atoms. The number of halogens is 2. The third kappa shape index (κ3) is 12.2. The average Bonchev–Trinajstić information content (AvgIpc) is 2.28. The predicted molar refractivity (Wildman–Crippen MR) is 78.6 cm³/mol. The van der Waals surface area contributed by atoms with Gasteiger partial charge in [-0.15, -0.1) is 0 Å². The van der Waals surface area contributed by atoms with Gasteiger partial charge in [-0.3, -0.25) is 4.79 Å². The van der Waals surface area contributed by atoms with Crippen LogP contribution in [0.5, 0.6) is 0 Å². The summed E-state index contributed by atoms with van der Waals surface area (Å²) in [6.07, 6.45) is 13.9. The van der Waals surface area contributed by atoms with E-state index in [0.29, 0.717) is 5.78 Å². The molecule has 0 atom stereocenters. The van der Waals surface area contributed by atoms with Crippen molar-refractivity contribution in [2.75, 3.05) is 10.7 Å². The molecule has 0 aliphatic rings. The first kappa shape index (κ1) is 16.1. The van der Waals surface area contributed by atoms with E-state index < -0.39 is 0 Å². The summed E-state index contributed by atoms with van der Waals surface area (Å²) in [6, 6.07) is 0. The van der Waals surface area contributed by atoms with Crippen LogP contribution in [0.3, 0.4) is 0 Å². The van der Waals surface area contributed by atoms with Crippen LogP contribution < -0.4 is 0 Å². The Bertz CT molecular complexity index is 200. The summed E-state index contributed by atoms with van der Waals surface area (Å²) in [5.74, 6) is 0.402. The Kier molecular flexibility index (Phi) is 13.3. The maximum Gasteiger partial charge on any atom is 0.132 e. The molecular formula is C13H20Br2O. The minimum Gasteiger partial charge on any atom is -0.300 e. The second kappa shape index (κ2) is 13.2. The van der Waals surface area contributed by atoms with Gasteiger partial charge in [0.1, 0.15) is 5.78 Å². The number of Topliss-reactive ketones (excluding diaryl/α,β-unsaturated/α-hetero) is 1. The average molecular weight is 352 g/mol. The van der Waals surface area contributed by atoms with Crippen LogP contribution in [0.15, 0.2) is 24.3 Å². The molecule has 1 nitrogen and oxygen atoms in total. The van der Waals surface area contributed by atoms with E-state index in [2.05, 4.69) is 56.2 Å². The van der Waals surface area contributed by atoms with Crippen molar-refractivity contribution < 1.29 is 4.79 Å². The molecule has 0 spiro atoms. The molecule has 0 aliphatic heterocycles. The van der Waals surface area contributed by atoms with E-state index in [-0.39, 0.29) is 0 Å². The maximum atomic E-state index is 11.4. The molecule has 0 saturated carbocycles. The molecule has 3 heteroatoms. The second-order valence-corrected chi connectivity index (χ2v) is 4.87. The summed E-state index contributed by atoms with van der Waals surface area (Å²) < 4.78 is 0. The molecule has 0 aromatic carbocycles. The number of hydrogen-bond donors (Lipinski definition) is 0. The van der Waals surface area contributed by atoms with E-state index in [9.17, 15) is 4.79 Å². The zero-order valence-corrected chi connectivity index (χ0v) is 12.8. The topological polar surface area (TPSA) is 17.1 Å². The second-order valence-electron chi connectivity index (χ2n) is 3.57. The molecule has 0 unspecified atom stereocenters. The number of unbranched alkanes of at least 4 members (excludes halogenated alkanes) is 2. The van der Waals surface area contributed by atoms with Crippen molar-refractivity contribution in [2.24, 2.45) is 0 Å². The highest BCUT2D eigenvalue weighted by atomic mass is 79.9. The lowest BCUT2D eigenvalue weighted by molar-refractivity contribution is -0.119. The number of rotatable bonds is 10. The Morgan fingerprint density at radius 1 is 0.812 bits per heavy atom. The third-order valence-corrected chi connectivity index (χ3v) is 2.91. The molecule has 0 amide bonds. The van der Waals surface area contributed by atoms with Gasteiger partial charge in [0.2, 0.25) is 0 Å². The van der Waals surface area contributed by atoms with E-state index in [1.54, 1.807) is 0 Å². The fourth-order valence-electron chi connectivity index (χ4n) is 1.32. The van der Waals surface area contributed by atoms with Crippen molar-refractivity contribution >= 4 is 37.6 Å². The van der Waals surface area contributed by atoms with Crippen LogP contribution in [0.2, 0.25) is 0 Å². The highest BCUT2D eigenvalue weighted by molar-refractivity contribution is 9.09. The molecule has 0 aromatic rings. The first-order valence-corrected chi connectivity index (χ1v) is 7.99. The molecule has 16 heavy (non-hydrogen) atoms. The van der Waals surface area contributed by atoms with Crippen LogP contribution in [-0.4, -0.2) is 16.4 Å². The van der Waals surface area contributed by atoms with Gasteiger partial charge in [0.15, 0.2) is 0 Å². The summed E-state index contributed by atoms with van der Waals surface area (Å²) in [5.41, 5.74) is 0. The van der Waals surface area contributed by atoms with Gasteiger partial charge < -0.3 is 0 Å². The van der Waals surface area contributed by atoms with Gasteiger partial charge in [0, 0.05) is 23.5 Å². The lowest BCUT2D eigenvalue weighted by atomic mass is 10.1. The highest BCUT2D eigenvalue weighted by Gasteiger charge is 1.99. The predicted octanol–water partition coefficient (Wildman–Crippen LogP) is 4.80. The lowest BCUT2D eigenvalue weighted by Gasteiger charge is -1.97. The number of alkyl halides is 2. The summed E-state index contributed by atoms with van der Waals surface area (Å²) in [5, 5.41) is 1.81. The van der Waals surface area contributed by atoms with Crippen molar-refractivity contribution in [3.8, 4) is 0 Å². The van der Waals surface area contributed by atoms with E-state index in [1.165, 1.54) is 0 Å². The van der Waals surface area contributed by atoms with Gasteiger partial charge >= 0.3 is 0 Å². The maximum absolute atomic E-state index is 11.4. The van der Waals surface area contributed by atoms with Crippen LogP contribution in [0.4, 0.5) is 0 Å². The molecule has 0 aromatic heterocycles. The fourth-order valence-corrected chi connectivity index (χ4v) is 1.85. The largest absolute Gasteiger partial charge is 0.300 e. The SMILES string of the molecule is O=C(CCC/C=C/CBr)CCC/C=C/CBr. The van der Waals surface area contributed by atoms with Crippen LogP contribution in [0, 0.1) is 0 Å². The zero-order chi connectivity index (χ0) is 12.1. The van der Waals surface area contributed by atoms with Gasteiger partial charge in [-0.1, -0.05) is 56.2 Å². The summed E-state index contributed by atoms with van der Waals surface area (Å²) in [7, 11) is 0. The number of allylic oxidation sites excluding steroid dienone is 4. The molecular weight excluding hydrogens is 332 g/mol. The van der Waals surface area contributed by atoms with Crippen molar-refractivity contribution in [3.05, 3.63) is 24.3 Å². The standard InChI is InChI=1S/C13H20Br2O/c14-11-7-3-1-5-9-13(16)10-6-2-4-8-12-15/h3-4,7-8H,1-2,5-6,9-12H2/b7-3+,8-4+. The molecule has 0 radical (unpaired) electrons. The van der Waals surface area contributed by atoms with E-state index >= 15 is 0 Å². The minimum atomic E-state index is 0.402. The molecule has 0 aliphatic carbocycles. The first-order valence-electron chi connectivity index (χ1n) is 5.75. The highest BCUT2D eigenvalue weighted by Crippen LogP contribution is 2.05. The molecule has 0 fully saturated rings. The first-order chi connectivity index (χ1) is 7.81. The van der Waals surface area contributed by atoms with Crippen molar-refractivity contribution in [1.82, 2.24) is 0 Å². The van der Waals surface area contributed by atoms with Crippen molar-refractivity contribution in [3.63, 3.8) is 0 Å². The minimum absolute atomic E-state index is 0.402. The third-order valence-electron chi connectivity index (χ3n) is 2.16. The van der Waals surface area contributed by atoms with Crippen molar-refractivity contribution in [1.29, 1.82) is 0 Å². The Morgan fingerprint density at radius 3 is 1.62 bits per heavy atom. The number of ketones is 1. The van der Waals surface area contributed by atoms with Gasteiger partial charge in [-0.05, 0) is 25.7 Å². The summed E-state index contributed by atoms with van der Waals surface area (Å²) >= 11 is 6.64. The van der Waals surface area contributed by atoms with E-state index in [0.717, 1.165) is 49.2 Å². The summed E-state index contributed by atoms with van der Waals surface area (Å²) in [4.78, 5) is 11.4. The van der Waals surface area contributed by atoms with E-state index in [1.807, 2.05) is 0 Å². The molecule has 0 N–H and O–H groups in total. The Hall–Kier alpha value is 0.110. The number of carbonyl (C=O) groups is 1. The van der Waals surface area contributed by atoms with Gasteiger partial charge in [-0.25, -0.2) is 0 Å². The zero-order valence-electron chi connectivity index (χ0n) is 9.63. The van der Waals surface area contributed by atoms with E-state index in [4.69, 9.17) is 0 Å². The van der Waals surface area contributed by atoms with Gasteiger partial charge in [0.25, 0.3) is 0 Å². The quantitative estimate of drug-likeness (QED) is 0.314. The van der Waals surface area contributed by atoms with Gasteiger partial charge in [-0.2, -0.15) is 0 Å². The van der Waals surface area contributed by atoms with Gasteiger partial charge in [0.05, 0.1) is 0 Å². The Balaban J connectivity index is 3.31. The lowest BCUT2D eigenvalue weighted by Crippen LogP contribution is -1.96. The van der Waals surface area contributed by atoms with Crippen LogP contribution in [0.25, 0.3) is 0 Å². The Labute approximate surface area is 116 Å². The molecule has 0 saturated heterocycles. The molecule has 92 valence electrons. The molecule has 0 heterocycles.